The maximum Gasteiger partial charge on any atom is 0.233 e. The molecular weight excluding hydrogens is 246 g/mol. The second kappa shape index (κ2) is 4.54. The topological polar surface area (TPSA) is 69.4 Å². The highest BCUT2D eigenvalue weighted by molar-refractivity contribution is 5.09. The minimum absolute atomic E-state index is 0.172. The van der Waals surface area contributed by atoms with Crippen molar-refractivity contribution in [3.63, 3.8) is 0 Å². The number of nitrogens with one attached hydrogen (secondary N) is 1. The summed E-state index contributed by atoms with van der Waals surface area (Å²) in [6, 6.07) is 0.268. The Balaban J connectivity index is 1.53. The molecule has 6 nitrogen and oxygen atoms in total. The highest BCUT2D eigenvalue weighted by Gasteiger charge is 2.44. The zero-order valence-corrected chi connectivity index (χ0v) is 11.0. The molecule has 3 aliphatic rings. The van der Waals surface area contributed by atoms with Gasteiger partial charge in [0.1, 0.15) is 0 Å². The van der Waals surface area contributed by atoms with Crippen LogP contribution in [-0.4, -0.2) is 48.7 Å². The molecule has 104 valence electrons. The van der Waals surface area contributed by atoms with Crippen LogP contribution >= 0.6 is 0 Å². The van der Waals surface area contributed by atoms with E-state index in [0.29, 0.717) is 37.2 Å². The number of nitrogens with zero attached hydrogens (tertiary/aromatic N) is 2. The Hall–Kier alpha value is -0.980. The average molecular weight is 265 g/mol. The Morgan fingerprint density at radius 3 is 2.89 bits per heavy atom. The SMILES string of the molecule is CNC1COCC1c1nc(C2CC3CCC2O3)no1. The van der Waals surface area contributed by atoms with E-state index in [4.69, 9.17) is 14.0 Å². The molecule has 0 amide bonds. The van der Waals surface area contributed by atoms with Crippen LogP contribution in [0.5, 0.6) is 0 Å². The summed E-state index contributed by atoms with van der Waals surface area (Å²) in [5.41, 5.74) is 0. The highest BCUT2D eigenvalue weighted by atomic mass is 16.5. The van der Waals surface area contributed by atoms with E-state index in [1.54, 1.807) is 0 Å². The molecule has 3 fully saturated rings. The van der Waals surface area contributed by atoms with Gasteiger partial charge in [-0.2, -0.15) is 4.98 Å². The number of hydrogen-bond acceptors (Lipinski definition) is 6. The third kappa shape index (κ3) is 1.89. The van der Waals surface area contributed by atoms with E-state index in [0.717, 1.165) is 18.7 Å². The number of rotatable bonds is 3. The normalized spacial score (nSPS) is 41.2. The number of ether oxygens (including phenoxy) is 2. The summed E-state index contributed by atoms with van der Waals surface area (Å²) in [6.07, 6.45) is 4.07. The Kier molecular flexibility index (Phi) is 2.82. The van der Waals surface area contributed by atoms with Gasteiger partial charge < -0.3 is 19.3 Å². The van der Waals surface area contributed by atoms with Gasteiger partial charge in [-0.05, 0) is 26.3 Å². The molecule has 0 aliphatic carbocycles. The van der Waals surface area contributed by atoms with Crippen molar-refractivity contribution in [2.24, 2.45) is 0 Å². The molecular formula is C13H19N3O3. The van der Waals surface area contributed by atoms with Gasteiger partial charge in [-0.25, -0.2) is 0 Å². The Bertz CT molecular complexity index is 443. The van der Waals surface area contributed by atoms with Crippen LogP contribution in [0.2, 0.25) is 0 Å². The average Bonchev–Trinajstić information content (AvgIpc) is 3.19. The highest BCUT2D eigenvalue weighted by Crippen LogP contribution is 2.43. The summed E-state index contributed by atoms with van der Waals surface area (Å²) in [6.45, 7) is 1.36. The molecule has 2 bridgehead atoms. The molecule has 3 saturated heterocycles. The lowest BCUT2D eigenvalue weighted by atomic mass is 9.89. The van der Waals surface area contributed by atoms with E-state index in [9.17, 15) is 0 Å². The van der Waals surface area contributed by atoms with Crippen molar-refractivity contribution in [3.8, 4) is 0 Å². The van der Waals surface area contributed by atoms with Gasteiger partial charge in [0.2, 0.25) is 5.89 Å². The van der Waals surface area contributed by atoms with Gasteiger partial charge in [0, 0.05) is 6.04 Å². The third-order valence-electron chi connectivity index (χ3n) is 4.66. The van der Waals surface area contributed by atoms with Crippen LogP contribution in [0.15, 0.2) is 4.52 Å². The molecule has 5 atom stereocenters. The van der Waals surface area contributed by atoms with E-state index in [-0.39, 0.29) is 12.0 Å². The third-order valence-corrected chi connectivity index (χ3v) is 4.66. The van der Waals surface area contributed by atoms with Crippen molar-refractivity contribution in [1.29, 1.82) is 0 Å². The van der Waals surface area contributed by atoms with E-state index in [2.05, 4.69) is 15.5 Å². The van der Waals surface area contributed by atoms with E-state index in [1.807, 2.05) is 7.05 Å². The molecule has 1 aromatic heterocycles. The molecule has 6 heteroatoms. The smallest absolute Gasteiger partial charge is 0.233 e. The minimum Gasteiger partial charge on any atom is -0.379 e. The molecule has 0 aromatic carbocycles. The summed E-state index contributed by atoms with van der Waals surface area (Å²) >= 11 is 0. The first-order valence-corrected chi connectivity index (χ1v) is 7.09. The summed E-state index contributed by atoms with van der Waals surface area (Å²) in [4.78, 5) is 4.61. The van der Waals surface area contributed by atoms with Crippen molar-refractivity contribution in [2.75, 3.05) is 20.3 Å². The molecule has 0 saturated carbocycles. The number of likely N-dealkylation sites (N-methyl/N-ethyl adjacent to an activating group) is 1. The summed E-state index contributed by atoms with van der Waals surface area (Å²) < 4.78 is 16.8. The van der Waals surface area contributed by atoms with Gasteiger partial charge in [-0.15, -0.1) is 0 Å². The van der Waals surface area contributed by atoms with Crippen LogP contribution in [0, 0.1) is 0 Å². The maximum atomic E-state index is 5.86. The second-order valence-corrected chi connectivity index (χ2v) is 5.75. The fraction of sp³-hybridized carbons (Fsp3) is 0.846. The van der Waals surface area contributed by atoms with Gasteiger partial charge in [-0.1, -0.05) is 5.16 Å². The zero-order chi connectivity index (χ0) is 12.8. The molecule has 4 rings (SSSR count). The first kappa shape index (κ1) is 11.8. The fourth-order valence-corrected chi connectivity index (χ4v) is 3.54. The second-order valence-electron chi connectivity index (χ2n) is 5.75. The minimum atomic E-state index is 0.172. The van der Waals surface area contributed by atoms with Crippen LogP contribution < -0.4 is 5.32 Å². The number of aromatic nitrogens is 2. The molecule has 1 aromatic rings. The Morgan fingerprint density at radius 2 is 2.16 bits per heavy atom. The lowest BCUT2D eigenvalue weighted by Crippen LogP contribution is -2.31. The summed E-state index contributed by atoms with van der Waals surface area (Å²) in [5, 5.41) is 7.42. The molecule has 0 spiro atoms. The van der Waals surface area contributed by atoms with Gasteiger partial charge >= 0.3 is 0 Å². The molecule has 0 radical (unpaired) electrons. The first-order valence-electron chi connectivity index (χ1n) is 7.09. The molecule has 19 heavy (non-hydrogen) atoms. The summed E-state index contributed by atoms with van der Waals surface area (Å²) in [5.74, 6) is 2.02. The quantitative estimate of drug-likeness (QED) is 0.872. The number of hydrogen-bond donors (Lipinski definition) is 1. The van der Waals surface area contributed by atoms with Crippen LogP contribution in [-0.2, 0) is 9.47 Å². The zero-order valence-electron chi connectivity index (χ0n) is 11.0. The van der Waals surface area contributed by atoms with Crippen LogP contribution in [0.1, 0.15) is 42.8 Å². The van der Waals surface area contributed by atoms with Crippen molar-refractivity contribution in [3.05, 3.63) is 11.7 Å². The lowest BCUT2D eigenvalue weighted by molar-refractivity contribution is 0.0996. The molecule has 4 heterocycles. The van der Waals surface area contributed by atoms with Crippen molar-refractivity contribution >= 4 is 0 Å². The lowest BCUT2D eigenvalue weighted by Gasteiger charge is -2.14. The molecule has 3 aliphatic heterocycles. The van der Waals surface area contributed by atoms with Gasteiger partial charge in [0.25, 0.3) is 0 Å². The van der Waals surface area contributed by atoms with E-state index < -0.39 is 0 Å². The Morgan fingerprint density at radius 1 is 1.21 bits per heavy atom. The molecule has 5 unspecified atom stereocenters. The first-order chi connectivity index (χ1) is 9.35. The monoisotopic (exact) mass is 265 g/mol. The van der Waals surface area contributed by atoms with Gasteiger partial charge in [0.05, 0.1) is 37.3 Å². The van der Waals surface area contributed by atoms with Crippen LogP contribution in [0.25, 0.3) is 0 Å². The molecule has 1 N–H and O–H groups in total. The van der Waals surface area contributed by atoms with Crippen molar-refractivity contribution in [1.82, 2.24) is 15.5 Å². The predicted octanol–water partition coefficient (Wildman–Crippen LogP) is 0.806. The predicted molar refractivity (Wildman–Crippen MR) is 66.0 cm³/mol. The number of fused-ring (bicyclic) bond motifs is 2. The largest absolute Gasteiger partial charge is 0.379 e. The van der Waals surface area contributed by atoms with Gasteiger partial charge in [-0.3, -0.25) is 0 Å². The van der Waals surface area contributed by atoms with Crippen molar-refractivity contribution in [2.45, 2.75) is 49.3 Å². The maximum absolute atomic E-state index is 5.86. The summed E-state index contributed by atoms with van der Waals surface area (Å²) in [7, 11) is 1.94. The standard InChI is InChI=1S/C13H19N3O3/c1-14-10-6-17-5-9(10)13-15-12(16-19-13)8-4-7-2-3-11(8)18-7/h7-11,14H,2-6H2,1H3. The fourth-order valence-electron chi connectivity index (χ4n) is 3.54. The van der Waals surface area contributed by atoms with Crippen LogP contribution in [0.3, 0.4) is 0 Å². The van der Waals surface area contributed by atoms with Crippen molar-refractivity contribution < 1.29 is 14.0 Å². The van der Waals surface area contributed by atoms with E-state index >= 15 is 0 Å². The van der Waals surface area contributed by atoms with Crippen LogP contribution in [0.4, 0.5) is 0 Å². The van der Waals surface area contributed by atoms with Gasteiger partial charge in [0.15, 0.2) is 5.82 Å². The Labute approximate surface area is 111 Å². The van der Waals surface area contributed by atoms with E-state index in [1.165, 1.54) is 6.42 Å².